The summed E-state index contributed by atoms with van der Waals surface area (Å²) in [5, 5.41) is 3.04. The van der Waals surface area contributed by atoms with E-state index in [9.17, 15) is 4.39 Å². The first kappa shape index (κ1) is 11.1. The van der Waals surface area contributed by atoms with Gasteiger partial charge in [-0.3, -0.25) is 0 Å². The van der Waals surface area contributed by atoms with E-state index < -0.39 is 5.82 Å². The summed E-state index contributed by atoms with van der Waals surface area (Å²) in [7, 11) is 0. The van der Waals surface area contributed by atoms with E-state index in [0.717, 1.165) is 19.2 Å². The second-order valence-electron chi connectivity index (χ2n) is 4.49. The molecular formula is C11H17FN4. The van der Waals surface area contributed by atoms with Crippen LogP contribution >= 0.6 is 0 Å². The summed E-state index contributed by atoms with van der Waals surface area (Å²) in [6.45, 7) is 2.93. The highest BCUT2D eigenvalue weighted by atomic mass is 19.1. The number of nitrogens with one attached hydrogen (secondary N) is 1. The van der Waals surface area contributed by atoms with Gasteiger partial charge in [-0.15, -0.1) is 0 Å². The fourth-order valence-corrected chi connectivity index (χ4v) is 2.11. The molecule has 1 fully saturated rings. The summed E-state index contributed by atoms with van der Waals surface area (Å²) in [5.41, 5.74) is 5.74. The van der Waals surface area contributed by atoms with Crippen LogP contribution in [0.1, 0.15) is 32.6 Å². The maximum atomic E-state index is 13.3. The second kappa shape index (κ2) is 4.23. The van der Waals surface area contributed by atoms with Crippen molar-refractivity contribution in [1.29, 1.82) is 0 Å². The SMILES string of the molecule is CCC1(CNc2nc(N)ncc2F)CCC1. The van der Waals surface area contributed by atoms with Gasteiger partial charge < -0.3 is 11.1 Å². The molecule has 0 amide bonds. The van der Waals surface area contributed by atoms with E-state index in [-0.39, 0.29) is 11.8 Å². The van der Waals surface area contributed by atoms with Crippen molar-refractivity contribution >= 4 is 11.8 Å². The summed E-state index contributed by atoms with van der Waals surface area (Å²) in [5.74, 6) is -0.130. The molecule has 3 N–H and O–H groups in total. The van der Waals surface area contributed by atoms with Crippen LogP contribution in [-0.2, 0) is 0 Å². The van der Waals surface area contributed by atoms with Crippen molar-refractivity contribution in [2.24, 2.45) is 5.41 Å². The lowest BCUT2D eigenvalue weighted by molar-refractivity contribution is 0.144. The number of nitrogen functional groups attached to an aromatic ring is 1. The van der Waals surface area contributed by atoms with Crippen LogP contribution in [0.2, 0.25) is 0 Å². The lowest BCUT2D eigenvalue weighted by Gasteiger charge is -2.41. The van der Waals surface area contributed by atoms with Gasteiger partial charge in [-0.25, -0.2) is 9.37 Å². The van der Waals surface area contributed by atoms with Gasteiger partial charge in [-0.2, -0.15) is 4.98 Å². The molecule has 1 heterocycles. The maximum Gasteiger partial charge on any atom is 0.222 e. The normalized spacial score (nSPS) is 17.9. The highest BCUT2D eigenvalue weighted by Crippen LogP contribution is 2.43. The Morgan fingerprint density at radius 3 is 2.88 bits per heavy atom. The summed E-state index contributed by atoms with van der Waals surface area (Å²) < 4.78 is 13.3. The minimum Gasteiger partial charge on any atom is -0.368 e. The van der Waals surface area contributed by atoms with Gasteiger partial charge in [0.25, 0.3) is 0 Å². The van der Waals surface area contributed by atoms with Crippen molar-refractivity contribution in [3.8, 4) is 0 Å². The van der Waals surface area contributed by atoms with Crippen molar-refractivity contribution in [2.75, 3.05) is 17.6 Å². The van der Waals surface area contributed by atoms with Gasteiger partial charge in [-0.05, 0) is 24.7 Å². The largest absolute Gasteiger partial charge is 0.368 e. The minimum atomic E-state index is -0.445. The molecule has 0 radical (unpaired) electrons. The Balaban J connectivity index is 2.01. The van der Waals surface area contributed by atoms with Crippen LogP contribution in [0.4, 0.5) is 16.2 Å². The molecule has 1 aliphatic carbocycles. The van der Waals surface area contributed by atoms with Gasteiger partial charge in [0, 0.05) is 6.54 Å². The molecule has 0 bridgehead atoms. The predicted octanol–water partition coefficient (Wildman–Crippen LogP) is 2.19. The minimum absolute atomic E-state index is 0.100. The number of aromatic nitrogens is 2. The Morgan fingerprint density at radius 2 is 2.31 bits per heavy atom. The number of rotatable bonds is 4. The van der Waals surface area contributed by atoms with Crippen LogP contribution in [0.15, 0.2) is 6.20 Å². The zero-order valence-electron chi connectivity index (χ0n) is 9.46. The van der Waals surface area contributed by atoms with E-state index in [0.29, 0.717) is 5.41 Å². The predicted molar refractivity (Wildman–Crippen MR) is 61.5 cm³/mol. The van der Waals surface area contributed by atoms with Gasteiger partial charge in [-0.1, -0.05) is 13.3 Å². The molecule has 1 saturated carbocycles. The Morgan fingerprint density at radius 1 is 1.56 bits per heavy atom. The fourth-order valence-electron chi connectivity index (χ4n) is 2.11. The van der Waals surface area contributed by atoms with Crippen LogP contribution in [0.3, 0.4) is 0 Å². The van der Waals surface area contributed by atoms with Gasteiger partial charge in [0.1, 0.15) is 0 Å². The van der Waals surface area contributed by atoms with Crippen molar-refractivity contribution in [3.63, 3.8) is 0 Å². The first-order valence-corrected chi connectivity index (χ1v) is 5.67. The third kappa shape index (κ3) is 2.08. The zero-order chi connectivity index (χ0) is 11.6. The van der Waals surface area contributed by atoms with Crippen LogP contribution in [0, 0.1) is 11.2 Å². The van der Waals surface area contributed by atoms with E-state index in [1.165, 1.54) is 19.3 Å². The fraction of sp³-hybridized carbons (Fsp3) is 0.636. The lowest BCUT2D eigenvalue weighted by atomic mass is 9.67. The Kier molecular flexibility index (Phi) is 2.94. The van der Waals surface area contributed by atoms with E-state index in [2.05, 4.69) is 22.2 Å². The molecule has 0 aliphatic heterocycles. The Labute approximate surface area is 94.5 Å². The average Bonchev–Trinajstić information content (AvgIpc) is 2.22. The monoisotopic (exact) mass is 224 g/mol. The smallest absolute Gasteiger partial charge is 0.222 e. The van der Waals surface area contributed by atoms with Crippen LogP contribution < -0.4 is 11.1 Å². The first-order chi connectivity index (χ1) is 7.65. The molecule has 1 aromatic rings. The zero-order valence-corrected chi connectivity index (χ0v) is 9.46. The molecule has 5 heteroatoms. The van der Waals surface area contributed by atoms with Gasteiger partial charge >= 0.3 is 0 Å². The van der Waals surface area contributed by atoms with Crippen molar-refractivity contribution in [1.82, 2.24) is 9.97 Å². The van der Waals surface area contributed by atoms with Crippen LogP contribution in [-0.4, -0.2) is 16.5 Å². The van der Waals surface area contributed by atoms with Crippen molar-refractivity contribution in [3.05, 3.63) is 12.0 Å². The van der Waals surface area contributed by atoms with Crippen molar-refractivity contribution in [2.45, 2.75) is 32.6 Å². The van der Waals surface area contributed by atoms with Crippen LogP contribution in [0.25, 0.3) is 0 Å². The summed E-state index contributed by atoms with van der Waals surface area (Å²) in [6, 6.07) is 0. The van der Waals surface area contributed by atoms with Gasteiger partial charge in [0.2, 0.25) is 5.95 Å². The molecule has 0 spiro atoms. The molecule has 0 unspecified atom stereocenters. The van der Waals surface area contributed by atoms with E-state index in [4.69, 9.17) is 5.73 Å². The molecule has 1 aromatic heterocycles. The number of hydrogen-bond acceptors (Lipinski definition) is 4. The van der Waals surface area contributed by atoms with E-state index >= 15 is 0 Å². The summed E-state index contributed by atoms with van der Waals surface area (Å²) in [4.78, 5) is 7.44. The average molecular weight is 224 g/mol. The number of halogens is 1. The second-order valence-corrected chi connectivity index (χ2v) is 4.49. The molecule has 88 valence electrons. The topological polar surface area (TPSA) is 63.8 Å². The molecule has 4 nitrogen and oxygen atoms in total. The summed E-state index contributed by atoms with van der Waals surface area (Å²) >= 11 is 0. The highest BCUT2D eigenvalue weighted by Gasteiger charge is 2.34. The number of anilines is 2. The quantitative estimate of drug-likeness (QED) is 0.822. The number of nitrogens with zero attached hydrogens (tertiary/aromatic N) is 2. The number of nitrogens with two attached hydrogens (primary N) is 1. The summed E-state index contributed by atoms with van der Waals surface area (Å²) in [6.07, 6.45) is 5.90. The molecule has 16 heavy (non-hydrogen) atoms. The van der Waals surface area contributed by atoms with Crippen LogP contribution in [0.5, 0.6) is 0 Å². The Bertz CT molecular complexity index is 371. The van der Waals surface area contributed by atoms with Gasteiger partial charge in [0.05, 0.1) is 6.20 Å². The molecule has 0 atom stereocenters. The molecule has 0 saturated heterocycles. The first-order valence-electron chi connectivity index (χ1n) is 5.67. The molecular weight excluding hydrogens is 207 g/mol. The Hall–Kier alpha value is -1.39. The molecule has 1 aliphatic rings. The molecule has 0 aromatic carbocycles. The third-order valence-corrected chi connectivity index (χ3v) is 3.56. The highest BCUT2D eigenvalue weighted by molar-refractivity contribution is 5.39. The maximum absolute atomic E-state index is 13.3. The third-order valence-electron chi connectivity index (χ3n) is 3.56. The van der Waals surface area contributed by atoms with Crippen molar-refractivity contribution < 1.29 is 4.39 Å². The number of hydrogen-bond donors (Lipinski definition) is 2. The van der Waals surface area contributed by atoms with E-state index in [1.54, 1.807) is 0 Å². The van der Waals surface area contributed by atoms with E-state index in [1.807, 2.05) is 0 Å². The molecule has 2 rings (SSSR count). The van der Waals surface area contributed by atoms with Gasteiger partial charge in [0.15, 0.2) is 11.6 Å². The standard InChI is InChI=1S/C11H17FN4/c1-2-11(4-3-5-11)7-15-9-8(12)6-14-10(13)16-9/h6H,2-5,7H2,1H3,(H3,13,14,15,16). The lowest BCUT2D eigenvalue weighted by Crippen LogP contribution is -2.36.